The number of carbonyl (C=O) groups excluding carboxylic acids is 1. The predicted octanol–water partition coefficient (Wildman–Crippen LogP) is 1.78. The number of carbonyl (C=O) groups is 1. The summed E-state index contributed by atoms with van der Waals surface area (Å²) in [5.41, 5.74) is -0.173. The van der Waals surface area contributed by atoms with Gasteiger partial charge in [0.2, 0.25) is 0 Å². The molecule has 1 aliphatic heterocycles. The van der Waals surface area contributed by atoms with Crippen LogP contribution in [-0.2, 0) is 6.54 Å². The maximum Gasteiger partial charge on any atom is 0.260 e. The number of thiazole rings is 1. The van der Waals surface area contributed by atoms with E-state index in [1.54, 1.807) is 23.5 Å². The molecule has 0 spiro atoms. The summed E-state index contributed by atoms with van der Waals surface area (Å²) in [6, 6.07) is 3.32. The summed E-state index contributed by atoms with van der Waals surface area (Å²) in [5, 5.41) is 4.11. The number of aromatic nitrogens is 2. The average molecular weight is 346 g/mol. The van der Waals surface area contributed by atoms with Gasteiger partial charge in [0.15, 0.2) is 0 Å². The first-order chi connectivity index (χ1) is 11.5. The van der Waals surface area contributed by atoms with E-state index < -0.39 is 0 Å². The molecule has 1 saturated heterocycles. The number of H-pyrrole nitrogens is 1. The predicted molar refractivity (Wildman–Crippen MR) is 94.2 cm³/mol. The fourth-order valence-electron chi connectivity index (χ4n) is 3.14. The quantitative estimate of drug-likeness (QED) is 0.885. The van der Waals surface area contributed by atoms with Crippen LogP contribution < -0.4 is 10.9 Å². The number of amides is 1. The van der Waals surface area contributed by atoms with Crippen molar-refractivity contribution in [2.45, 2.75) is 32.9 Å². The van der Waals surface area contributed by atoms with E-state index in [2.05, 4.69) is 27.1 Å². The summed E-state index contributed by atoms with van der Waals surface area (Å²) in [6.45, 7) is 6.92. The molecule has 3 heterocycles. The molecule has 7 heteroatoms. The Labute approximate surface area is 144 Å². The van der Waals surface area contributed by atoms with Gasteiger partial charge < -0.3 is 10.3 Å². The van der Waals surface area contributed by atoms with Crippen molar-refractivity contribution in [2.24, 2.45) is 5.92 Å². The molecule has 24 heavy (non-hydrogen) atoms. The number of aromatic amines is 1. The minimum atomic E-state index is -0.347. The zero-order valence-electron chi connectivity index (χ0n) is 13.9. The Morgan fingerprint density at radius 1 is 1.54 bits per heavy atom. The zero-order valence-corrected chi connectivity index (χ0v) is 14.7. The van der Waals surface area contributed by atoms with Crippen LogP contribution in [0.4, 0.5) is 0 Å². The molecule has 0 bridgehead atoms. The van der Waals surface area contributed by atoms with Gasteiger partial charge in [0.1, 0.15) is 5.56 Å². The van der Waals surface area contributed by atoms with E-state index in [4.69, 9.17) is 0 Å². The van der Waals surface area contributed by atoms with Crippen LogP contribution in [-0.4, -0.2) is 39.9 Å². The van der Waals surface area contributed by atoms with Crippen molar-refractivity contribution in [3.63, 3.8) is 0 Å². The van der Waals surface area contributed by atoms with Crippen molar-refractivity contribution in [3.05, 3.63) is 50.3 Å². The van der Waals surface area contributed by atoms with E-state index in [0.717, 1.165) is 31.1 Å². The summed E-state index contributed by atoms with van der Waals surface area (Å²) >= 11 is 1.73. The molecule has 0 unspecified atom stereocenters. The number of hydrogen-bond acceptors (Lipinski definition) is 5. The van der Waals surface area contributed by atoms with E-state index >= 15 is 0 Å². The molecular formula is C17H22N4O2S. The standard InChI is InChI=1S/C17H22N4O2S/c1-11-9-21(10-13-8-19-12(2)24-13)7-5-15(11)20-17(23)14-4-3-6-18-16(14)22/h3-4,6,8,11,15H,5,7,9-10H2,1-2H3,(H,18,22)(H,20,23)/t11-,15-/m1/s1. The molecular weight excluding hydrogens is 324 g/mol. The lowest BCUT2D eigenvalue weighted by atomic mass is 9.93. The highest BCUT2D eigenvalue weighted by atomic mass is 32.1. The minimum Gasteiger partial charge on any atom is -0.349 e. The van der Waals surface area contributed by atoms with Gasteiger partial charge >= 0.3 is 0 Å². The molecule has 6 nitrogen and oxygen atoms in total. The molecule has 1 amide bonds. The lowest BCUT2D eigenvalue weighted by molar-refractivity contribution is 0.0860. The first-order valence-corrected chi connectivity index (χ1v) is 8.97. The molecule has 0 aliphatic carbocycles. The van der Waals surface area contributed by atoms with Gasteiger partial charge in [0.05, 0.1) is 5.01 Å². The fourth-order valence-corrected chi connectivity index (χ4v) is 3.97. The highest BCUT2D eigenvalue weighted by Crippen LogP contribution is 2.21. The highest BCUT2D eigenvalue weighted by Gasteiger charge is 2.28. The van der Waals surface area contributed by atoms with E-state index in [1.165, 1.54) is 11.1 Å². The fraction of sp³-hybridized carbons (Fsp3) is 0.471. The lowest BCUT2D eigenvalue weighted by Crippen LogP contribution is -2.50. The summed E-state index contributed by atoms with van der Waals surface area (Å²) in [7, 11) is 0. The van der Waals surface area contributed by atoms with E-state index in [0.29, 0.717) is 5.92 Å². The number of pyridine rings is 1. The van der Waals surface area contributed by atoms with Crippen molar-refractivity contribution in [3.8, 4) is 0 Å². The summed E-state index contributed by atoms with van der Waals surface area (Å²) in [6.07, 6.45) is 4.36. The molecule has 2 aromatic rings. The second kappa shape index (κ2) is 7.27. The van der Waals surface area contributed by atoms with Crippen LogP contribution >= 0.6 is 11.3 Å². The SMILES string of the molecule is Cc1ncc(CN2CC[C@@H](NC(=O)c3ccc[nH]c3=O)[C@H](C)C2)s1. The topological polar surface area (TPSA) is 78.1 Å². The van der Waals surface area contributed by atoms with Crippen molar-refractivity contribution in [1.29, 1.82) is 0 Å². The third-order valence-corrected chi connectivity index (χ3v) is 5.31. The van der Waals surface area contributed by atoms with Gasteiger partial charge in [-0.25, -0.2) is 4.98 Å². The maximum atomic E-state index is 12.3. The van der Waals surface area contributed by atoms with Crippen LogP contribution in [0.2, 0.25) is 0 Å². The van der Waals surface area contributed by atoms with Gasteiger partial charge in [-0.15, -0.1) is 11.3 Å². The van der Waals surface area contributed by atoms with E-state index in [-0.39, 0.29) is 23.1 Å². The second-order valence-electron chi connectivity index (χ2n) is 6.34. The number of piperidine rings is 1. The Morgan fingerprint density at radius 3 is 3.04 bits per heavy atom. The lowest BCUT2D eigenvalue weighted by Gasteiger charge is -2.37. The smallest absolute Gasteiger partial charge is 0.260 e. The summed E-state index contributed by atoms with van der Waals surface area (Å²) < 4.78 is 0. The number of hydrogen-bond donors (Lipinski definition) is 2. The van der Waals surface area contributed by atoms with Crippen LogP contribution in [0.3, 0.4) is 0 Å². The van der Waals surface area contributed by atoms with Crippen LogP contribution in [0.5, 0.6) is 0 Å². The van der Waals surface area contributed by atoms with Crippen LogP contribution in [0.1, 0.15) is 33.6 Å². The summed E-state index contributed by atoms with van der Waals surface area (Å²) in [4.78, 5) is 34.5. The Hall–Kier alpha value is -1.99. The zero-order chi connectivity index (χ0) is 17.1. The van der Waals surface area contributed by atoms with Gasteiger partial charge in [-0.2, -0.15) is 0 Å². The van der Waals surface area contributed by atoms with Crippen molar-refractivity contribution < 1.29 is 4.79 Å². The van der Waals surface area contributed by atoms with E-state index in [1.807, 2.05) is 13.1 Å². The molecule has 3 rings (SSSR count). The number of nitrogens with one attached hydrogen (secondary N) is 2. The van der Waals surface area contributed by atoms with Crippen molar-refractivity contribution >= 4 is 17.2 Å². The van der Waals surface area contributed by atoms with Gasteiger partial charge in [0, 0.05) is 42.9 Å². The maximum absolute atomic E-state index is 12.3. The van der Waals surface area contributed by atoms with Crippen molar-refractivity contribution in [1.82, 2.24) is 20.2 Å². The first-order valence-electron chi connectivity index (χ1n) is 8.15. The summed E-state index contributed by atoms with van der Waals surface area (Å²) in [5.74, 6) is 0.0414. The van der Waals surface area contributed by atoms with Crippen molar-refractivity contribution in [2.75, 3.05) is 13.1 Å². The van der Waals surface area contributed by atoms with Gasteiger partial charge in [-0.05, 0) is 31.4 Å². The van der Waals surface area contributed by atoms with Crippen LogP contribution in [0.25, 0.3) is 0 Å². The van der Waals surface area contributed by atoms with Crippen LogP contribution in [0, 0.1) is 12.8 Å². The third-order valence-electron chi connectivity index (χ3n) is 4.42. The number of rotatable bonds is 4. The largest absolute Gasteiger partial charge is 0.349 e. The molecule has 1 aliphatic rings. The van der Waals surface area contributed by atoms with Crippen LogP contribution in [0.15, 0.2) is 29.3 Å². The minimum absolute atomic E-state index is 0.0940. The third kappa shape index (κ3) is 3.91. The van der Waals surface area contributed by atoms with E-state index in [9.17, 15) is 9.59 Å². The second-order valence-corrected chi connectivity index (χ2v) is 7.66. The molecule has 0 saturated carbocycles. The first kappa shape index (κ1) is 16.9. The Balaban J connectivity index is 1.57. The molecule has 2 aromatic heterocycles. The molecule has 2 N–H and O–H groups in total. The Morgan fingerprint density at radius 2 is 2.38 bits per heavy atom. The van der Waals surface area contributed by atoms with Gasteiger partial charge in [-0.3, -0.25) is 14.5 Å². The number of likely N-dealkylation sites (tertiary alicyclic amines) is 1. The molecule has 0 radical (unpaired) electrons. The Bertz CT molecular complexity index is 770. The van der Waals surface area contributed by atoms with Gasteiger partial charge in [-0.1, -0.05) is 6.92 Å². The molecule has 2 atom stereocenters. The molecule has 128 valence electrons. The average Bonchev–Trinajstić information content (AvgIpc) is 2.95. The van der Waals surface area contributed by atoms with Gasteiger partial charge in [0.25, 0.3) is 11.5 Å². The normalized spacial score (nSPS) is 21.6. The Kier molecular flexibility index (Phi) is 5.11. The number of aryl methyl sites for hydroxylation is 1. The highest BCUT2D eigenvalue weighted by molar-refractivity contribution is 7.11. The number of nitrogens with zero attached hydrogens (tertiary/aromatic N) is 2. The molecule has 1 fully saturated rings. The monoisotopic (exact) mass is 346 g/mol. The molecule has 0 aromatic carbocycles.